The maximum absolute atomic E-state index is 12.7. The number of ether oxygens (including phenoxy) is 1. The highest BCUT2D eigenvalue weighted by Crippen LogP contribution is 2.47. The monoisotopic (exact) mass is 275 g/mol. The zero-order valence-corrected chi connectivity index (χ0v) is 13.1. The third-order valence-corrected chi connectivity index (χ3v) is 4.82. The third kappa shape index (κ3) is 1.96. The summed E-state index contributed by atoms with van der Waals surface area (Å²) in [7, 11) is 0. The van der Waals surface area contributed by atoms with E-state index >= 15 is 0 Å². The molecule has 1 aromatic carbocycles. The molecule has 1 saturated heterocycles. The van der Waals surface area contributed by atoms with Crippen LogP contribution in [0.4, 0.5) is 0 Å². The van der Waals surface area contributed by atoms with Gasteiger partial charge in [-0.2, -0.15) is 0 Å². The molecule has 1 aliphatic heterocycles. The molecule has 1 fully saturated rings. The zero-order valence-electron chi connectivity index (χ0n) is 13.1. The summed E-state index contributed by atoms with van der Waals surface area (Å²) >= 11 is 0. The van der Waals surface area contributed by atoms with Crippen molar-refractivity contribution in [2.45, 2.75) is 52.1 Å². The van der Waals surface area contributed by atoms with Crippen LogP contribution in [0.1, 0.15) is 38.8 Å². The summed E-state index contributed by atoms with van der Waals surface area (Å²) in [5.41, 5.74) is 1.76. The number of esters is 1. The van der Waals surface area contributed by atoms with Crippen molar-refractivity contribution in [1.29, 1.82) is 0 Å². The lowest BCUT2D eigenvalue weighted by Gasteiger charge is -2.60. The van der Waals surface area contributed by atoms with Gasteiger partial charge in [0.1, 0.15) is 5.41 Å². The minimum atomic E-state index is -0.528. The van der Waals surface area contributed by atoms with Crippen LogP contribution in [-0.2, 0) is 14.9 Å². The number of carbonyl (C=O) groups excluding carboxylic acids is 1. The number of hydrogen-bond donors (Lipinski definition) is 0. The van der Waals surface area contributed by atoms with Gasteiger partial charge < -0.3 is 4.74 Å². The average Bonchev–Trinajstić information content (AvgIpc) is 2.42. The highest BCUT2D eigenvalue weighted by molar-refractivity contribution is 5.87. The number of nitrogens with zero attached hydrogens (tertiary/aromatic N) is 1. The fraction of sp³-hybridized carbons (Fsp3) is 0.588. The van der Waals surface area contributed by atoms with E-state index in [1.54, 1.807) is 0 Å². The normalized spacial score (nSPS) is 29.9. The Bertz CT molecular complexity index is 470. The fourth-order valence-corrected chi connectivity index (χ4v) is 3.69. The van der Waals surface area contributed by atoms with Crippen LogP contribution in [-0.4, -0.2) is 36.1 Å². The van der Waals surface area contributed by atoms with Crippen molar-refractivity contribution < 1.29 is 9.53 Å². The molecular weight excluding hydrogens is 250 g/mol. The highest BCUT2D eigenvalue weighted by atomic mass is 16.5. The van der Waals surface area contributed by atoms with E-state index in [2.05, 4.69) is 56.9 Å². The van der Waals surface area contributed by atoms with E-state index in [0.29, 0.717) is 6.61 Å². The van der Waals surface area contributed by atoms with Gasteiger partial charge in [-0.3, -0.25) is 9.69 Å². The van der Waals surface area contributed by atoms with Gasteiger partial charge in [-0.25, -0.2) is 0 Å². The first-order valence-electron chi connectivity index (χ1n) is 7.50. The number of benzene rings is 1. The lowest BCUT2D eigenvalue weighted by molar-refractivity contribution is -0.171. The number of aryl methyl sites for hydroxylation is 1. The highest BCUT2D eigenvalue weighted by Gasteiger charge is 2.62. The van der Waals surface area contributed by atoms with Crippen molar-refractivity contribution in [3.8, 4) is 0 Å². The molecule has 0 N–H and O–H groups in total. The lowest BCUT2D eigenvalue weighted by Crippen LogP contribution is -2.75. The van der Waals surface area contributed by atoms with Crippen molar-refractivity contribution in [3.63, 3.8) is 0 Å². The van der Waals surface area contributed by atoms with E-state index in [1.807, 2.05) is 6.92 Å². The van der Waals surface area contributed by atoms with Crippen LogP contribution in [0, 0.1) is 6.92 Å². The van der Waals surface area contributed by atoms with E-state index in [-0.39, 0.29) is 18.1 Å². The van der Waals surface area contributed by atoms with E-state index in [9.17, 15) is 4.79 Å². The van der Waals surface area contributed by atoms with Gasteiger partial charge >= 0.3 is 5.97 Å². The van der Waals surface area contributed by atoms with Crippen LogP contribution < -0.4 is 0 Å². The Kier molecular flexibility index (Phi) is 4.19. The molecule has 0 amide bonds. The second kappa shape index (κ2) is 5.57. The Morgan fingerprint density at radius 3 is 2.20 bits per heavy atom. The molecule has 110 valence electrons. The molecule has 0 bridgehead atoms. The number of likely N-dealkylation sites (N-methyl/N-ethyl adjacent to an activating group) is 1. The first-order valence-corrected chi connectivity index (χ1v) is 7.50. The van der Waals surface area contributed by atoms with Crippen molar-refractivity contribution in [2.24, 2.45) is 0 Å². The second-order valence-electron chi connectivity index (χ2n) is 5.64. The molecule has 1 heterocycles. The molecule has 0 spiro atoms. The average molecular weight is 275 g/mol. The molecule has 2 unspecified atom stereocenters. The third-order valence-electron chi connectivity index (χ3n) is 4.82. The minimum absolute atomic E-state index is 0.0893. The minimum Gasteiger partial charge on any atom is -0.465 e. The Morgan fingerprint density at radius 2 is 1.75 bits per heavy atom. The fourth-order valence-electron chi connectivity index (χ4n) is 3.69. The van der Waals surface area contributed by atoms with Crippen molar-refractivity contribution >= 4 is 5.97 Å². The van der Waals surface area contributed by atoms with Gasteiger partial charge in [0.2, 0.25) is 0 Å². The summed E-state index contributed by atoms with van der Waals surface area (Å²) in [6, 6.07) is 8.64. The van der Waals surface area contributed by atoms with Crippen LogP contribution in [0.2, 0.25) is 0 Å². The smallest absolute Gasteiger partial charge is 0.319 e. The SMILES string of the molecule is CCOC(=O)C1(c2ccc(C)cc2)C(C)N(CC)C1C. The molecule has 2 rings (SSSR count). The standard InChI is InChI=1S/C17H25NO2/c1-6-18-13(4)17(14(18)5,16(19)20-7-2)15-10-8-12(3)9-11-15/h8-11,13-14H,6-7H2,1-5H3. The van der Waals surface area contributed by atoms with E-state index < -0.39 is 5.41 Å². The topological polar surface area (TPSA) is 29.5 Å². The first-order chi connectivity index (χ1) is 9.49. The van der Waals surface area contributed by atoms with Crippen molar-refractivity contribution in [3.05, 3.63) is 35.4 Å². The van der Waals surface area contributed by atoms with E-state index in [4.69, 9.17) is 4.74 Å². The van der Waals surface area contributed by atoms with Gasteiger partial charge in [0.25, 0.3) is 0 Å². The predicted octanol–water partition coefficient (Wildman–Crippen LogP) is 2.91. The maximum Gasteiger partial charge on any atom is 0.319 e. The van der Waals surface area contributed by atoms with Crippen LogP contribution >= 0.6 is 0 Å². The van der Waals surface area contributed by atoms with Gasteiger partial charge in [-0.1, -0.05) is 36.8 Å². The van der Waals surface area contributed by atoms with Gasteiger partial charge in [-0.15, -0.1) is 0 Å². The molecule has 0 saturated carbocycles. The molecule has 20 heavy (non-hydrogen) atoms. The molecule has 3 heteroatoms. The van der Waals surface area contributed by atoms with Crippen LogP contribution in [0.15, 0.2) is 24.3 Å². The molecule has 0 aliphatic carbocycles. The van der Waals surface area contributed by atoms with Gasteiger partial charge in [0.05, 0.1) is 6.61 Å². The summed E-state index contributed by atoms with van der Waals surface area (Å²) in [5.74, 6) is -0.0893. The largest absolute Gasteiger partial charge is 0.465 e. The number of carbonyl (C=O) groups is 1. The second-order valence-corrected chi connectivity index (χ2v) is 5.64. The van der Waals surface area contributed by atoms with Crippen molar-refractivity contribution in [1.82, 2.24) is 4.90 Å². The summed E-state index contributed by atoms with van der Waals surface area (Å²) in [6.07, 6.45) is 0. The van der Waals surface area contributed by atoms with Crippen molar-refractivity contribution in [2.75, 3.05) is 13.2 Å². The molecular formula is C17H25NO2. The Hall–Kier alpha value is -1.35. The van der Waals surface area contributed by atoms with Crippen LogP contribution in [0.3, 0.4) is 0 Å². The summed E-state index contributed by atoms with van der Waals surface area (Å²) in [6.45, 7) is 11.7. The van der Waals surface area contributed by atoms with Gasteiger partial charge in [0, 0.05) is 12.1 Å². The summed E-state index contributed by atoms with van der Waals surface area (Å²) < 4.78 is 5.40. The summed E-state index contributed by atoms with van der Waals surface area (Å²) in [5, 5.41) is 0. The Labute approximate surface area is 121 Å². The van der Waals surface area contributed by atoms with E-state index in [0.717, 1.165) is 12.1 Å². The lowest BCUT2D eigenvalue weighted by atomic mass is 9.61. The zero-order chi connectivity index (χ0) is 14.9. The van der Waals surface area contributed by atoms with Crippen LogP contribution in [0.25, 0.3) is 0 Å². The van der Waals surface area contributed by atoms with Crippen LogP contribution in [0.5, 0.6) is 0 Å². The van der Waals surface area contributed by atoms with E-state index in [1.165, 1.54) is 5.56 Å². The first kappa shape index (κ1) is 15.0. The molecule has 3 nitrogen and oxygen atoms in total. The number of likely N-dealkylation sites (tertiary alicyclic amines) is 1. The number of rotatable bonds is 4. The molecule has 0 radical (unpaired) electrons. The predicted molar refractivity (Wildman–Crippen MR) is 80.8 cm³/mol. The Balaban J connectivity index is 2.46. The molecule has 1 aromatic rings. The summed E-state index contributed by atoms with van der Waals surface area (Å²) in [4.78, 5) is 15.0. The van der Waals surface area contributed by atoms with Gasteiger partial charge in [0.15, 0.2) is 0 Å². The maximum atomic E-state index is 12.7. The van der Waals surface area contributed by atoms with Gasteiger partial charge in [-0.05, 0) is 39.8 Å². The molecule has 0 aromatic heterocycles. The molecule has 2 atom stereocenters. The molecule has 1 aliphatic rings. The quantitative estimate of drug-likeness (QED) is 0.791. The Morgan fingerprint density at radius 1 is 1.20 bits per heavy atom. The number of hydrogen-bond acceptors (Lipinski definition) is 3.